The molecule has 2 amide bonds. The van der Waals surface area contributed by atoms with E-state index in [1.807, 2.05) is 61.5 Å². The molecule has 5 nitrogen and oxygen atoms in total. The molecule has 162 valence electrons. The molecule has 0 saturated carbocycles. The Morgan fingerprint density at radius 2 is 1.81 bits per heavy atom. The maximum atomic E-state index is 13.2. The van der Waals surface area contributed by atoms with Gasteiger partial charge in [0, 0.05) is 18.6 Å². The van der Waals surface area contributed by atoms with Crippen molar-refractivity contribution >= 4 is 50.1 Å². The molecule has 0 saturated heterocycles. The molecule has 0 aliphatic rings. The van der Waals surface area contributed by atoms with E-state index >= 15 is 0 Å². The van der Waals surface area contributed by atoms with E-state index in [4.69, 9.17) is 16.3 Å². The average Bonchev–Trinajstić information content (AvgIpc) is 2.79. The molecule has 3 aromatic carbocycles. The van der Waals surface area contributed by atoms with Gasteiger partial charge in [-0.2, -0.15) is 0 Å². The lowest BCUT2D eigenvalue weighted by Gasteiger charge is -2.30. The number of carbonyl (C=O) groups is 2. The minimum absolute atomic E-state index is 0.200. The lowest BCUT2D eigenvalue weighted by atomic mass is 10.1. The minimum Gasteiger partial charge on any atom is -0.483 e. The first-order valence-electron chi connectivity index (χ1n) is 10.0. The van der Waals surface area contributed by atoms with Crippen LogP contribution >= 0.6 is 27.5 Å². The average molecular weight is 504 g/mol. The Hall–Kier alpha value is -2.57. The molecular formula is C24H24BrClN2O3. The molecule has 3 rings (SSSR count). The quantitative estimate of drug-likeness (QED) is 0.460. The lowest BCUT2D eigenvalue weighted by Crippen LogP contribution is -2.49. The maximum absolute atomic E-state index is 13.2. The maximum Gasteiger partial charge on any atom is 0.261 e. The van der Waals surface area contributed by atoms with Crippen molar-refractivity contribution < 1.29 is 14.3 Å². The first-order chi connectivity index (χ1) is 15.0. The second-order valence-corrected chi connectivity index (χ2v) is 8.24. The molecule has 1 N–H and O–H groups in total. The van der Waals surface area contributed by atoms with E-state index in [2.05, 4.69) is 21.2 Å². The van der Waals surface area contributed by atoms with Gasteiger partial charge in [0.2, 0.25) is 5.91 Å². The molecule has 31 heavy (non-hydrogen) atoms. The van der Waals surface area contributed by atoms with Crippen LogP contribution in [0.25, 0.3) is 10.8 Å². The van der Waals surface area contributed by atoms with Gasteiger partial charge in [0.25, 0.3) is 5.91 Å². The van der Waals surface area contributed by atoms with Crippen LogP contribution in [-0.2, 0) is 16.1 Å². The van der Waals surface area contributed by atoms with Crippen LogP contribution in [0, 0.1) is 0 Å². The molecule has 0 aliphatic carbocycles. The third-order valence-corrected chi connectivity index (χ3v) is 6.30. The molecule has 0 spiro atoms. The predicted octanol–water partition coefficient (Wildman–Crippen LogP) is 5.19. The smallest absolute Gasteiger partial charge is 0.261 e. The summed E-state index contributed by atoms with van der Waals surface area (Å²) in [5.41, 5.74) is 0.770. The van der Waals surface area contributed by atoms with Gasteiger partial charge in [0.15, 0.2) is 6.61 Å². The van der Waals surface area contributed by atoms with Gasteiger partial charge in [-0.1, -0.05) is 67.1 Å². The number of nitrogens with zero attached hydrogens (tertiary/aromatic N) is 1. The predicted molar refractivity (Wildman–Crippen MR) is 127 cm³/mol. The van der Waals surface area contributed by atoms with Crippen molar-refractivity contribution in [1.29, 1.82) is 0 Å². The van der Waals surface area contributed by atoms with Crippen LogP contribution in [0.15, 0.2) is 65.1 Å². The molecule has 0 unspecified atom stereocenters. The standard InChI is InChI=1S/C24H24BrClN2O3/c1-3-20(24(30)27-2)28(14-17-9-5-7-11-19(17)26)22(29)15-31-21-13-12-16-8-4-6-10-18(16)23(21)25/h4-13,20H,3,14-15H2,1-2H3,(H,27,30)/t20-/m1/s1. The largest absolute Gasteiger partial charge is 0.483 e. The van der Waals surface area contributed by atoms with Crippen molar-refractivity contribution in [3.8, 4) is 5.75 Å². The van der Waals surface area contributed by atoms with Gasteiger partial charge >= 0.3 is 0 Å². The van der Waals surface area contributed by atoms with Crippen LogP contribution < -0.4 is 10.1 Å². The molecule has 7 heteroatoms. The van der Waals surface area contributed by atoms with Crippen LogP contribution in [0.3, 0.4) is 0 Å². The summed E-state index contributed by atoms with van der Waals surface area (Å²) in [5.74, 6) is 0.0444. The third kappa shape index (κ3) is 5.38. The summed E-state index contributed by atoms with van der Waals surface area (Å²) in [4.78, 5) is 27.2. The number of nitrogens with one attached hydrogen (secondary N) is 1. The van der Waals surface area contributed by atoms with E-state index in [1.165, 1.54) is 4.90 Å². The Kier molecular flexibility index (Phi) is 7.93. The van der Waals surface area contributed by atoms with Gasteiger partial charge in [0.05, 0.1) is 4.47 Å². The van der Waals surface area contributed by atoms with Gasteiger partial charge in [-0.15, -0.1) is 0 Å². The highest BCUT2D eigenvalue weighted by molar-refractivity contribution is 9.10. The van der Waals surface area contributed by atoms with Gasteiger partial charge in [-0.25, -0.2) is 0 Å². The van der Waals surface area contributed by atoms with Crippen LogP contribution in [-0.4, -0.2) is 36.4 Å². The van der Waals surface area contributed by atoms with E-state index < -0.39 is 6.04 Å². The summed E-state index contributed by atoms with van der Waals surface area (Å²) in [6, 6.07) is 18.3. The monoisotopic (exact) mass is 502 g/mol. The Morgan fingerprint density at radius 1 is 1.10 bits per heavy atom. The van der Waals surface area contributed by atoms with E-state index in [-0.39, 0.29) is 25.0 Å². The fourth-order valence-electron chi connectivity index (χ4n) is 3.44. The van der Waals surface area contributed by atoms with Gasteiger partial charge in [0.1, 0.15) is 11.8 Å². The molecule has 0 heterocycles. The third-order valence-electron chi connectivity index (χ3n) is 5.11. The zero-order chi connectivity index (χ0) is 22.4. The minimum atomic E-state index is -0.627. The number of benzene rings is 3. The molecule has 1 atom stereocenters. The topological polar surface area (TPSA) is 58.6 Å². The fourth-order valence-corrected chi connectivity index (χ4v) is 4.25. The molecule has 3 aromatic rings. The second-order valence-electron chi connectivity index (χ2n) is 7.04. The highest BCUT2D eigenvalue weighted by Crippen LogP contribution is 2.33. The molecule has 0 radical (unpaired) electrons. The normalized spacial score (nSPS) is 11.7. The number of fused-ring (bicyclic) bond motifs is 1. The Morgan fingerprint density at radius 3 is 2.52 bits per heavy atom. The molecule has 0 bridgehead atoms. The van der Waals surface area contributed by atoms with Crippen molar-refractivity contribution in [3.63, 3.8) is 0 Å². The summed E-state index contributed by atoms with van der Waals surface area (Å²) in [6.07, 6.45) is 0.468. The number of halogens is 2. The zero-order valence-corrected chi connectivity index (χ0v) is 19.7. The summed E-state index contributed by atoms with van der Waals surface area (Å²) in [7, 11) is 1.56. The van der Waals surface area contributed by atoms with Crippen molar-refractivity contribution in [2.75, 3.05) is 13.7 Å². The zero-order valence-electron chi connectivity index (χ0n) is 17.4. The summed E-state index contributed by atoms with van der Waals surface area (Å²) in [5, 5.41) is 5.25. The van der Waals surface area contributed by atoms with Crippen molar-refractivity contribution in [2.45, 2.75) is 25.9 Å². The van der Waals surface area contributed by atoms with Crippen LogP contribution in [0.5, 0.6) is 5.75 Å². The summed E-state index contributed by atoms with van der Waals surface area (Å²) < 4.78 is 6.65. The number of rotatable bonds is 8. The Bertz CT molecular complexity index is 1090. The van der Waals surface area contributed by atoms with Crippen molar-refractivity contribution in [1.82, 2.24) is 10.2 Å². The fraction of sp³-hybridized carbons (Fsp3) is 0.250. The van der Waals surface area contributed by atoms with Crippen LogP contribution in [0.1, 0.15) is 18.9 Å². The molecule has 0 aromatic heterocycles. The highest BCUT2D eigenvalue weighted by Gasteiger charge is 2.29. The summed E-state index contributed by atoms with van der Waals surface area (Å²) in [6.45, 7) is 1.88. The first-order valence-corrected chi connectivity index (χ1v) is 11.2. The van der Waals surface area contributed by atoms with E-state index in [1.54, 1.807) is 13.1 Å². The van der Waals surface area contributed by atoms with Crippen molar-refractivity contribution in [2.24, 2.45) is 0 Å². The summed E-state index contributed by atoms with van der Waals surface area (Å²) >= 11 is 9.89. The first kappa shape index (κ1) is 23.1. The van der Waals surface area contributed by atoms with Gasteiger partial charge in [-0.3, -0.25) is 9.59 Å². The van der Waals surface area contributed by atoms with Crippen molar-refractivity contribution in [3.05, 3.63) is 75.7 Å². The van der Waals surface area contributed by atoms with E-state index in [0.29, 0.717) is 17.2 Å². The number of ether oxygens (including phenoxy) is 1. The van der Waals surface area contributed by atoms with Crippen LogP contribution in [0.2, 0.25) is 5.02 Å². The van der Waals surface area contributed by atoms with E-state index in [0.717, 1.165) is 20.8 Å². The van der Waals surface area contributed by atoms with E-state index in [9.17, 15) is 9.59 Å². The number of amides is 2. The molecule has 0 fully saturated rings. The molecular weight excluding hydrogens is 480 g/mol. The number of likely N-dealkylation sites (N-methyl/N-ethyl adjacent to an activating group) is 1. The van der Waals surface area contributed by atoms with Gasteiger partial charge < -0.3 is 15.0 Å². The second kappa shape index (κ2) is 10.6. The number of hydrogen-bond donors (Lipinski definition) is 1. The number of hydrogen-bond acceptors (Lipinski definition) is 3. The SMILES string of the molecule is CC[C@H](C(=O)NC)N(Cc1ccccc1Cl)C(=O)COc1ccc2ccccc2c1Br. The molecule has 0 aliphatic heterocycles. The number of carbonyl (C=O) groups excluding carboxylic acids is 2. The highest BCUT2D eigenvalue weighted by atomic mass is 79.9. The lowest BCUT2D eigenvalue weighted by molar-refractivity contribution is -0.142. The van der Waals surface area contributed by atoms with Gasteiger partial charge in [-0.05, 0) is 50.8 Å². The Balaban J connectivity index is 1.83. The van der Waals surface area contributed by atoms with Crippen LogP contribution in [0.4, 0.5) is 0 Å². The Labute approximate surface area is 195 Å².